The zero-order chi connectivity index (χ0) is 14.7. The van der Waals surface area contributed by atoms with Gasteiger partial charge in [-0.15, -0.1) is 11.8 Å². The molecule has 0 saturated carbocycles. The van der Waals surface area contributed by atoms with E-state index in [0.717, 1.165) is 18.8 Å². The Hall–Kier alpha value is -1.20. The van der Waals surface area contributed by atoms with Crippen molar-refractivity contribution in [2.24, 2.45) is 0 Å². The number of thioether (sulfide) groups is 1. The Kier molecular flexibility index (Phi) is 4.70. The predicted molar refractivity (Wildman–Crippen MR) is 88.0 cm³/mol. The SMILES string of the molecule is CSc1cccc(NC(=O)N2CC(N3CCCCC3)C2)c1. The lowest BCUT2D eigenvalue weighted by molar-refractivity contribution is 0.0493. The molecule has 2 fully saturated rings. The summed E-state index contributed by atoms with van der Waals surface area (Å²) in [5, 5.41) is 3.00. The molecule has 1 aromatic rings. The topological polar surface area (TPSA) is 35.6 Å². The van der Waals surface area contributed by atoms with Crippen LogP contribution in [0.5, 0.6) is 0 Å². The lowest BCUT2D eigenvalue weighted by atomic mass is 10.0. The van der Waals surface area contributed by atoms with E-state index in [2.05, 4.69) is 16.3 Å². The maximum absolute atomic E-state index is 12.2. The van der Waals surface area contributed by atoms with Gasteiger partial charge >= 0.3 is 6.03 Å². The molecule has 1 N–H and O–H groups in total. The lowest BCUT2D eigenvalue weighted by Gasteiger charge is -2.46. The Labute approximate surface area is 130 Å². The Morgan fingerprint density at radius 3 is 2.71 bits per heavy atom. The summed E-state index contributed by atoms with van der Waals surface area (Å²) in [5.41, 5.74) is 0.883. The summed E-state index contributed by atoms with van der Waals surface area (Å²) in [6, 6.07) is 8.60. The summed E-state index contributed by atoms with van der Waals surface area (Å²) in [5.74, 6) is 0. The first-order valence-corrected chi connectivity index (χ1v) is 8.93. The third-order valence-electron chi connectivity index (χ3n) is 4.38. The highest BCUT2D eigenvalue weighted by Gasteiger charge is 2.35. The van der Waals surface area contributed by atoms with Gasteiger partial charge in [0.25, 0.3) is 0 Å². The van der Waals surface area contributed by atoms with Crippen molar-refractivity contribution in [2.45, 2.75) is 30.2 Å². The third kappa shape index (κ3) is 3.52. The fraction of sp³-hybridized carbons (Fsp3) is 0.562. The molecule has 0 aliphatic carbocycles. The molecule has 0 spiro atoms. The first-order valence-electron chi connectivity index (χ1n) is 7.70. The number of hydrogen-bond donors (Lipinski definition) is 1. The Morgan fingerprint density at radius 2 is 2.00 bits per heavy atom. The van der Waals surface area contributed by atoms with Crippen LogP contribution in [0, 0.1) is 0 Å². The number of piperidine rings is 1. The Bertz CT molecular complexity index is 496. The van der Waals surface area contributed by atoms with E-state index in [1.165, 1.54) is 37.2 Å². The zero-order valence-corrected chi connectivity index (χ0v) is 13.4. The van der Waals surface area contributed by atoms with Crippen LogP contribution >= 0.6 is 11.8 Å². The number of anilines is 1. The molecular weight excluding hydrogens is 282 g/mol. The second-order valence-electron chi connectivity index (χ2n) is 5.82. The minimum Gasteiger partial charge on any atom is -0.321 e. The van der Waals surface area contributed by atoms with Crippen LogP contribution in [0.15, 0.2) is 29.2 Å². The normalized spacial score (nSPS) is 20.1. The van der Waals surface area contributed by atoms with Crippen LogP contribution in [0.25, 0.3) is 0 Å². The fourth-order valence-corrected chi connectivity index (χ4v) is 3.50. The maximum atomic E-state index is 12.2. The number of rotatable bonds is 3. The van der Waals surface area contributed by atoms with Gasteiger partial charge in [-0.25, -0.2) is 4.79 Å². The van der Waals surface area contributed by atoms with E-state index in [-0.39, 0.29) is 6.03 Å². The quantitative estimate of drug-likeness (QED) is 0.872. The molecule has 2 heterocycles. The van der Waals surface area contributed by atoms with E-state index in [9.17, 15) is 4.79 Å². The first-order chi connectivity index (χ1) is 10.3. The average molecular weight is 305 g/mol. The van der Waals surface area contributed by atoms with Crippen LogP contribution in [0.2, 0.25) is 0 Å². The van der Waals surface area contributed by atoms with Gasteiger partial charge in [-0.05, 0) is 50.4 Å². The van der Waals surface area contributed by atoms with Gasteiger partial charge in [-0.1, -0.05) is 12.5 Å². The van der Waals surface area contributed by atoms with Crippen LogP contribution in [-0.4, -0.2) is 54.3 Å². The summed E-state index contributed by atoms with van der Waals surface area (Å²) in [6.45, 7) is 4.15. The highest BCUT2D eigenvalue weighted by Crippen LogP contribution is 2.22. The smallest absolute Gasteiger partial charge is 0.321 e. The van der Waals surface area contributed by atoms with Crippen molar-refractivity contribution in [2.75, 3.05) is 37.8 Å². The Balaban J connectivity index is 1.48. The van der Waals surface area contributed by atoms with Crippen LogP contribution in [0.4, 0.5) is 10.5 Å². The van der Waals surface area contributed by atoms with Crippen molar-refractivity contribution in [3.63, 3.8) is 0 Å². The zero-order valence-electron chi connectivity index (χ0n) is 12.5. The van der Waals surface area contributed by atoms with Gasteiger partial charge in [0, 0.05) is 29.7 Å². The monoisotopic (exact) mass is 305 g/mol. The van der Waals surface area contributed by atoms with Gasteiger partial charge in [0.15, 0.2) is 0 Å². The average Bonchev–Trinajstić information content (AvgIpc) is 2.47. The molecule has 21 heavy (non-hydrogen) atoms. The van der Waals surface area contributed by atoms with E-state index >= 15 is 0 Å². The van der Waals surface area contributed by atoms with Crippen molar-refractivity contribution in [3.05, 3.63) is 24.3 Å². The predicted octanol–water partition coefficient (Wildman–Crippen LogP) is 3.11. The van der Waals surface area contributed by atoms with Gasteiger partial charge in [0.1, 0.15) is 0 Å². The molecule has 114 valence electrons. The number of nitrogens with zero attached hydrogens (tertiary/aromatic N) is 2. The van der Waals surface area contributed by atoms with Crippen LogP contribution in [0.1, 0.15) is 19.3 Å². The van der Waals surface area contributed by atoms with Crippen molar-refractivity contribution < 1.29 is 4.79 Å². The molecule has 0 aromatic heterocycles. The molecule has 3 rings (SSSR count). The van der Waals surface area contributed by atoms with E-state index < -0.39 is 0 Å². The van der Waals surface area contributed by atoms with Crippen molar-refractivity contribution in [3.8, 4) is 0 Å². The molecule has 2 saturated heterocycles. The first kappa shape index (κ1) is 14.7. The molecule has 0 bridgehead atoms. The summed E-state index contributed by atoms with van der Waals surface area (Å²) < 4.78 is 0. The third-order valence-corrected chi connectivity index (χ3v) is 5.10. The number of carbonyl (C=O) groups excluding carboxylic acids is 1. The minimum atomic E-state index is 0.0292. The van der Waals surface area contributed by atoms with Crippen molar-refractivity contribution in [1.29, 1.82) is 0 Å². The van der Waals surface area contributed by atoms with Crippen molar-refractivity contribution in [1.82, 2.24) is 9.80 Å². The molecule has 0 atom stereocenters. The number of urea groups is 1. The molecular formula is C16H23N3OS. The van der Waals surface area contributed by atoms with E-state index in [0.29, 0.717) is 6.04 Å². The van der Waals surface area contributed by atoms with Gasteiger partial charge in [0.05, 0.1) is 0 Å². The van der Waals surface area contributed by atoms with E-state index in [1.54, 1.807) is 11.8 Å². The number of carbonyl (C=O) groups is 1. The largest absolute Gasteiger partial charge is 0.321 e. The minimum absolute atomic E-state index is 0.0292. The van der Waals surface area contributed by atoms with Gasteiger partial charge in [-0.2, -0.15) is 0 Å². The number of hydrogen-bond acceptors (Lipinski definition) is 3. The molecule has 0 unspecified atom stereocenters. The number of amides is 2. The molecule has 2 aliphatic rings. The molecule has 5 heteroatoms. The summed E-state index contributed by atoms with van der Waals surface area (Å²) in [6.07, 6.45) is 6.02. The molecule has 2 amide bonds. The van der Waals surface area contributed by atoms with E-state index in [4.69, 9.17) is 0 Å². The highest BCUT2D eigenvalue weighted by molar-refractivity contribution is 7.98. The maximum Gasteiger partial charge on any atom is 0.321 e. The molecule has 4 nitrogen and oxygen atoms in total. The molecule has 1 aromatic carbocycles. The van der Waals surface area contributed by atoms with E-state index in [1.807, 2.05) is 29.4 Å². The Morgan fingerprint density at radius 1 is 1.24 bits per heavy atom. The van der Waals surface area contributed by atoms with Gasteiger partial charge in [0.2, 0.25) is 0 Å². The lowest BCUT2D eigenvalue weighted by Crippen LogP contribution is -2.62. The second kappa shape index (κ2) is 6.71. The number of likely N-dealkylation sites (tertiary alicyclic amines) is 2. The molecule has 2 aliphatic heterocycles. The number of benzene rings is 1. The van der Waals surface area contributed by atoms with Crippen LogP contribution < -0.4 is 5.32 Å². The summed E-state index contributed by atoms with van der Waals surface area (Å²) in [7, 11) is 0. The van der Waals surface area contributed by atoms with Crippen LogP contribution in [0.3, 0.4) is 0 Å². The van der Waals surface area contributed by atoms with Crippen LogP contribution in [-0.2, 0) is 0 Å². The fourth-order valence-electron chi connectivity index (χ4n) is 3.04. The highest BCUT2D eigenvalue weighted by atomic mass is 32.2. The molecule has 0 radical (unpaired) electrons. The second-order valence-corrected chi connectivity index (χ2v) is 6.70. The van der Waals surface area contributed by atoms with Gasteiger partial charge in [-0.3, -0.25) is 4.90 Å². The van der Waals surface area contributed by atoms with Gasteiger partial charge < -0.3 is 10.2 Å². The van der Waals surface area contributed by atoms with Crippen molar-refractivity contribution >= 4 is 23.5 Å². The summed E-state index contributed by atoms with van der Waals surface area (Å²) in [4.78, 5) is 17.8. The standard InChI is InChI=1S/C16H23N3OS/c1-21-15-7-5-6-13(10-15)17-16(20)19-11-14(12-19)18-8-3-2-4-9-18/h5-7,10,14H,2-4,8-9,11-12H2,1H3,(H,17,20). The number of nitrogens with one attached hydrogen (secondary N) is 1. The summed E-state index contributed by atoms with van der Waals surface area (Å²) >= 11 is 1.69.